The van der Waals surface area contributed by atoms with E-state index in [2.05, 4.69) is 0 Å². The number of methoxy groups -OCH3 is 1. The fourth-order valence-corrected chi connectivity index (χ4v) is 2.03. The van der Waals surface area contributed by atoms with Gasteiger partial charge in [-0.05, 0) is 30.7 Å². The van der Waals surface area contributed by atoms with Gasteiger partial charge in [-0.3, -0.25) is 4.79 Å². The number of Topliss-reactive ketones (excluding diaryl/α,β-unsaturated/α-hetero) is 1. The number of fused-ring (bicyclic) bond motifs is 1. The van der Waals surface area contributed by atoms with E-state index in [1.807, 2.05) is 0 Å². The third kappa shape index (κ3) is 1.75. The lowest BCUT2D eigenvalue weighted by molar-refractivity contribution is 0.0264. The zero-order valence-corrected chi connectivity index (χ0v) is 9.96. The van der Waals surface area contributed by atoms with Crippen molar-refractivity contribution in [1.82, 2.24) is 0 Å². The summed E-state index contributed by atoms with van der Waals surface area (Å²) in [5, 5.41) is 9.30. The minimum absolute atomic E-state index is 0.0224. The summed E-state index contributed by atoms with van der Waals surface area (Å²) >= 11 is 0. The topological polar surface area (TPSA) is 46.5 Å². The Hall–Kier alpha value is -1.91. The van der Waals surface area contributed by atoms with Crippen LogP contribution in [0.1, 0.15) is 22.8 Å². The zero-order valence-electron chi connectivity index (χ0n) is 9.96. The second-order valence-corrected chi connectivity index (χ2v) is 4.17. The lowest BCUT2D eigenvalue weighted by Gasteiger charge is -2.26. The summed E-state index contributed by atoms with van der Waals surface area (Å²) in [5.41, 5.74) is -0.132. The van der Waals surface area contributed by atoms with Crippen molar-refractivity contribution >= 4 is 5.78 Å². The van der Waals surface area contributed by atoms with Crippen molar-refractivity contribution in [3.63, 3.8) is 0 Å². The van der Waals surface area contributed by atoms with E-state index in [1.165, 1.54) is 25.3 Å². The average Bonchev–Trinajstić information content (AvgIpc) is 2.32. The van der Waals surface area contributed by atoms with Gasteiger partial charge in [0.1, 0.15) is 5.75 Å². The highest BCUT2D eigenvalue weighted by molar-refractivity contribution is 6.06. The molecule has 0 bridgehead atoms. The molecule has 1 aliphatic carbocycles. The van der Waals surface area contributed by atoms with Crippen LogP contribution in [0.25, 0.3) is 0 Å². The van der Waals surface area contributed by atoms with Crippen LogP contribution in [-0.4, -0.2) is 23.9 Å². The van der Waals surface area contributed by atoms with Gasteiger partial charge in [-0.2, -0.15) is 8.78 Å². The molecule has 1 N–H and O–H groups in total. The molecule has 1 aromatic carbocycles. The number of benzene rings is 1. The first-order valence-corrected chi connectivity index (χ1v) is 5.36. The minimum Gasteiger partial charge on any atom is -0.512 e. The third-order valence-corrected chi connectivity index (χ3v) is 3.03. The van der Waals surface area contributed by atoms with Gasteiger partial charge in [0, 0.05) is 17.6 Å². The second-order valence-electron chi connectivity index (χ2n) is 4.17. The van der Waals surface area contributed by atoms with Crippen LogP contribution in [0.2, 0.25) is 0 Å². The normalized spacial score (nSPS) is 20.3. The monoisotopic (exact) mass is 254 g/mol. The van der Waals surface area contributed by atoms with Gasteiger partial charge in [-0.15, -0.1) is 0 Å². The van der Waals surface area contributed by atoms with Gasteiger partial charge in [0.15, 0.2) is 0 Å². The van der Waals surface area contributed by atoms with E-state index < -0.39 is 23.0 Å². The molecule has 0 saturated carbocycles. The van der Waals surface area contributed by atoms with Crippen molar-refractivity contribution in [2.45, 2.75) is 19.3 Å². The molecular weight excluding hydrogens is 242 g/mol. The summed E-state index contributed by atoms with van der Waals surface area (Å²) in [4.78, 5) is 11.7. The largest absolute Gasteiger partial charge is 0.512 e. The van der Waals surface area contributed by atoms with Gasteiger partial charge in [0.2, 0.25) is 5.78 Å². The molecule has 0 heterocycles. The summed E-state index contributed by atoms with van der Waals surface area (Å²) in [6.07, 6.45) is -0.159. The molecule has 1 aliphatic rings. The predicted molar refractivity (Wildman–Crippen MR) is 61.3 cm³/mol. The number of halogens is 2. The van der Waals surface area contributed by atoms with E-state index in [4.69, 9.17) is 4.74 Å². The van der Waals surface area contributed by atoms with Crippen molar-refractivity contribution < 1.29 is 23.4 Å². The SMILES string of the molecule is COc1ccc2c(c1)CC(=C(C)O)C(F)(F)C2=O. The Morgan fingerprint density at radius 3 is 2.67 bits per heavy atom. The molecule has 0 unspecified atom stereocenters. The molecule has 0 aromatic heterocycles. The third-order valence-electron chi connectivity index (χ3n) is 3.03. The minimum atomic E-state index is -3.64. The van der Waals surface area contributed by atoms with Gasteiger partial charge in [-0.25, -0.2) is 0 Å². The van der Waals surface area contributed by atoms with E-state index in [0.717, 1.165) is 6.92 Å². The average molecular weight is 254 g/mol. The molecule has 0 amide bonds. The number of allylic oxidation sites excluding steroid dienone is 2. The number of carbonyl (C=O) groups excluding carboxylic acids is 1. The molecule has 18 heavy (non-hydrogen) atoms. The van der Waals surface area contributed by atoms with Crippen LogP contribution in [0.4, 0.5) is 8.78 Å². The molecule has 3 nitrogen and oxygen atoms in total. The number of hydrogen-bond acceptors (Lipinski definition) is 3. The first-order chi connectivity index (χ1) is 8.37. The Balaban J connectivity index is 2.62. The fourth-order valence-electron chi connectivity index (χ4n) is 2.03. The lowest BCUT2D eigenvalue weighted by Crippen LogP contribution is -2.37. The molecular formula is C13H12F2O3. The number of ketones is 1. The van der Waals surface area contributed by atoms with E-state index >= 15 is 0 Å². The molecule has 0 radical (unpaired) electrons. The number of ether oxygens (including phenoxy) is 1. The number of aliphatic hydroxyl groups excluding tert-OH is 1. The predicted octanol–water partition coefficient (Wildman–Crippen LogP) is 2.90. The number of alkyl halides is 2. The standard InChI is InChI=1S/C13H12F2O3/c1-7(16)11-6-8-5-9(18-2)3-4-10(8)12(17)13(11,14)15/h3-5,16H,6H2,1-2H3. The maximum Gasteiger partial charge on any atom is 0.334 e. The highest BCUT2D eigenvalue weighted by atomic mass is 19.3. The van der Waals surface area contributed by atoms with Crippen molar-refractivity contribution in [3.8, 4) is 5.75 Å². The first-order valence-electron chi connectivity index (χ1n) is 5.36. The quantitative estimate of drug-likeness (QED) is 0.784. The molecule has 0 spiro atoms. The van der Waals surface area contributed by atoms with E-state index in [9.17, 15) is 18.7 Å². The summed E-state index contributed by atoms with van der Waals surface area (Å²) in [7, 11) is 1.45. The van der Waals surface area contributed by atoms with Gasteiger partial charge < -0.3 is 9.84 Å². The van der Waals surface area contributed by atoms with Gasteiger partial charge in [0.05, 0.1) is 12.9 Å². The number of aliphatic hydroxyl groups is 1. The molecule has 2 rings (SSSR count). The maximum absolute atomic E-state index is 13.8. The van der Waals surface area contributed by atoms with Crippen LogP contribution in [0, 0.1) is 0 Å². The molecule has 0 fully saturated rings. The Labute approximate surface area is 103 Å². The number of hydrogen-bond donors (Lipinski definition) is 1. The van der Waals surface area contributed by atoms with Crippen molar-refractivity contribution in [3.05, 3.63) is 40.7 Å². The van der Waals surface area contributed by atoms with Crippen LogP contribution in [0.15, 0.2) is 29.5 Å². The molecule has 0 atom stereocenters. The van der Waals surface area contributed by atoms with Crippen LogP contribution >= 0.6 is 0 Å². The van der Waals surface area contributed by atoms with Crippen LogP contribution in [-0.2, 0) is 6.42 Å². The number of rotatable bonds is 1. The first kappa shape index (κ1) is 12.5. The smallest absolute Gasteiger partial charge is 0.334 e. The van der Waals surface area contributed by atoms with Gasteiger partial charge in [-0.1, -0.05) is 0 Å². The van der Waals surface area contributed by atoms with E-state index in [-0.39, 0.29) is 12.0 Å². The highest BCUT2D eigenvalue weighted by Gasteiger charge is 2.48. The summed E-state index contributed by atoms with van der Waals surface area (Å²) in [5.74, 6) is -4.95. The Morgan fingerprint density at radius 1 is 1.44 bits per heavy atom. The molecule has 96 valence electrons. The van der Waals surface area contributed by atoms with Crippen molar-refractivity contribution in [2.75, 3.05) is 7.11 Å². The van der Waals surface area contributed by atoms with Crippen molar-refractivity contribution in [1.29, 1.82) is 0 Å². The summed E-state index contributed by atoms with van der Waals surface area (Å²) < 4.78 is 32.5. The molecule has 1 aromatic rings. The molecule has 0 saturated heterocycles. The highest BCUT2D eigenvalue weighted by Crippen LogP contribution is 2.39. The Kier molecular flexibility index (Phi) is 2.84. The lowest BCUT2D eigenvalue weighted by atomic mass is 9.83. The Morgan fingerprint density at radius 2 is 2.11 bits per heavy atom. The van der Waals surface area contributed by atoms with Crippen LogP contribution in [0.5, 0.6) is 5.75 Å². The van der Waals surface area contributed by atoms with Gasteiger partial charge >= 0.3 is 5.92 Å². The number of carbonyl (C=O) groups is 1. The van der Waals surface area contributed by atoms with Gasteiger partial charge in [0.25, 0.3) is 0 Å². The summed E-state index contributed by atoms with van der Waals surface area (Å²) in [6, 6.07) is 4.33. The van der Waals surface area contributed by atoms with E-state index in [0.29, 0.717) is 11.3 Å². The fraction of sp³-hybridized carbons (Fsp3) is 0.308. The summed E-state index contributed by atoms with van der Waals surface area (Å²) in [6.45, 7) is 1.15. The van der Waals surface area contributed by atoms with E-state index in [1.54, 1.807) is 0 Å². The Bertz CT molecular complexity index is 543. The maximum atomic E-state index is 13.8. The molecule has 0 aliphatic heterocycles. The van der Waals surface area contributed by atoms with Crippen LogP contribution < -0.4 is 4.74 Å². The zero-order chi connectivity index (χ0) is 13.5. The van der Waals surface area contributed by atoms with Crippen molar-refractivity contribution in [2.24, 2.45) is 0 Å². The van der Waals surface area contributed by atoms with Crippen LogP contribution in [0.3, 0.4) is 0 Å². The second kappa shape index (κ2) is 4.08. The molecule has 5 heteroatoms.